The lowest BCUT2D eigenvalue weighted by atomic mass is 9.68. The van der Waals surface area contributed by atoms with Crippen LogP contribution < -0.4 is 5.32 Å². The lowest BCUT2D eigenvalue weighted by molar-refractivity contribution is -0.142. The molecule has 0 spiro atoms. The van der Waals surface area contributed by atoms with E-state index in [1.807, 2.05) is 18.2 Å². The number of carbonyl (C=O) groups is 1. The molecule has 1 amide bonds. The number of hydrogen-bond donors (Lipinski definition) is 2. The van der Waals surface area contributed by atoms with Gasteiger partial charge in [-0.2, -0.15) is 0 Å². The molecule has 1 aromatic rings. The van der Waals surface area contributed by atoms with E-state index >= 15 is 0 Å². The molecule has 3 nitrogen and oxygen atoms in total. The van der Waals surface area contributed by atoms with Crippen LogP contribution in [0.4, 0.5) is 0 Å². The van der Waals surface area contributed by atoms with E-state index in [0.717, 1.165) is 24.8 Å². The second-order valence-corrected chi connectivity index (χ2v) is 7.44. The molecule has 1 aromatic carbocycles. The van der Waals surface area contributed by atoms with Gasteiger partial charge in [-0.15, -0.1) is 0 Å². The van der Waals surface area contributed by atoms with Gasteiger partial charge in [0.05, 0.1) is 11.1 Å². The zero-order valence-electron chi connectivity index (χ0n) is 12.0. The van der Waals surface area contributed by atoms with Crippen molar-refractivity contribution in [2.45, 2.75) is 50.2 Å². The van der Waals surface area contributed by atoms with Gasteiger partial charge in [0.25, 0.3) is 0 Å². The summed E-state index contributed by atoms with van der Waals surface area (Å²) in [5.74, 6) is -0.115. The Labute approximate surface area is 134 Å². The van der Waals surface area contributed by atoms with Crippen molar-refractivity contribution in [1.29, 1.82) is 0 Å². The molecular weight excluding hydrogens is 309 g/mol. The van der Waals surface area contributed by atoms with Crippen molar-refractivity contribution in [3.05, 3.63) is 33.8 Å². The Hall–Kier alpha value is -0.770. The molecule has 2 fully saturated rings. The highest BCUT2D eigenvalue weighted by molar-refractivity contribution is 6.36. The van der Waals surface area contributed by atoms with E-state index in [1.165, 1.54) is 0 Å². The lowest BCUT2D eigenvalue weighted by Gasteiger charge is -2.47. The van der Waals surface area contributed by atoms with Crippen LogP contribution in [0.5, 0.6) is 0 Å². The van der Waals surface area contributed by atoms with E-state index in [0.29, 0.717) is 22.9 Å². The van der Waals surface area contributed by atoms with Crippen molar-refractivity contribution < 1.29 is 9.90 Å². The summed E-state index contributed by atoms with van der Waals surface area (Å²) in [5.41, 5.74) is -0.302. The Balaban J connectivity index is 1.80. The Morgan fingerprint density at radius 2 is 1.86 bits per heavy atom. The smallest absolute Gasteiger partial charge is 0.224 e. The molecule has 2 aliphatic carbocycles. The highest BCUT2D eigenvalue weighted by Crippen LogP contribution is 2.48. The van der Waals surface area contributed by atoms with Crippen molar-refractivity contribution >= 4 is 29.1 Å². The first-order valence-corrected chi connectivity index (χ1v) is 8.08. The predicted molar refractivity (Wildman–Crippen MR) is 83.5 cm³/mol. The molecule has 2 aliphatic rings. The maximum Gasteiger partial charge on any atom is 0.224 e. The summed E-state index contributed by atoms with van der Waals surface area (Å²) in [6.07, 6.45) is 3.79. The van der Waals surface area contributed by atoms with E-state index in [4.69, 9.17) is 23.2 Å². The first kappa shape index (κ1) is 15.1. The van der Waals surface area contributed by atoms with E-state index in [9.17, 15) is 9.90 Å². The fourth-order valence-corrected chi connectivity index (χ4v) is 4.21. The van der Waals surface area contributed by atoms with Crippen LogP contribution in [-0.2, 0) is 10.3 Å². The van der Waals surface area contributed by atoms with Crippen LogP contribution in [0, 0.1) is 5.92 Å². The zero-order valence-corrected chi connectivity index (χ0v) is 13.5. The Kier molecular flexibility index (Phi) is 3.71. The normalized spacial score (nSPS) is 30.2. The summed E-state index contributed by atoms with van der Waals surface area (Å²) in [6.45, 7) is 1.76. The number of benzene rings is 1. The highest BCUT2D eigenvalue weighted by atomic mass is 35.5. The predicted octanol–water partition coefficient (Wildman–Crippen LogP) is 3.65. The van der Waals surface area contributed by atoms with Crippen LogP contribution >= 0.6 is 23.2 Å². The van der Waals surface area contributed by atoms with Crippen molar-refractivity contribution in [3.8, 4) is 0 Å². The van der Waals surface area contributed by atoms with Crippen LogP contribution in [0.15, 0.2) is 18.2 Å². The Morgan fingerprint density at radius 1 is 1.29 bits per heavy atom. The van der Waals surface area contributed by atoms with E-state index in [-0.39, 0.29) is 11.8 Å². The summed E-state index contributed by atoms with van der Waals surface area (Å²) in [4.78, 5) is 12.4. The average molecular weight is 328 g/mol. The van der Waals surface area contributed by atoms with Gasteiger partial charge in [0.15, 0.2) is 0 Å². The van der Waals surface area contributed by atoms with Gasteiger partial charge in [-0.3, -0.25) is 4.79 Å². The number of carbonyl (C=O) groups excluding carboxylic acids is 1. The quantitative estimate of drug-likeness (QED) is 0.890. The summed E-state index contributed by atoms with van der Waals surface area (Å²) < 4.78 is 0. The molecule has 0 unspecified atom stereocenters. The minimum absolute atomic E-state index is 0.00258. The van der Waals surface area contributed by atoms with E-state index in [1.54, 1.807) is 6.92 Å². The molecular formula is C16H19Cl2NO2. The molecule has 3 rings (SSSR count). The second-order valence-electron chi connectivity index (χ2n) is 6.62. The monoisotopic (exact) mass is 327 g/mol. The maximum absolute atomic E-state index is 12.4. The third kappa shape index (κ3) is 2.67. The first-order valence-electron chi connectivity index (χ1n) is 7.32. The van der Waals surface area contributed by atoms with Crippen LogP contribution in [0.3, 0.4) is 0 Å². The Morgan fingerprint density at radius 3 is 2.29 bits per heavy atom. The Bertz CT molecular complexity index is 553. The summed E-state index contributed by atoms with van der Waals surface area (Å²) in [7, 11) is 0. The lowest BCUT2D eigenvalue weighted by Crippen LogP contribution is -2.56. The third-order valence-corrected chi connectivity index (χ3v) is 5.38. The molecule has 114 valence electrons. The molecule has 2 N–H and O–H groups in total. The molecule has 0 radical (unpaired) electrons. The molecule has 0 aromatic heterocycles. The molecule has 0 aliphatic heterocycles. The van der Waals surface area contributed by atoms with Gasteiger partial charge in [-0.1, -0.05) is 29.3 Å². The number of amides is 1. The van der Waals surface area contributed by atoms with Gasteiger partial charge in [0.1, 0.15) is 0 Å². The summed E-state index contributed by atoms with van der Waals surface area (Å²) >= 11 is 12.6. The van der Waals surface area contributed by atoms with Gasteiger partial charge >= 0.3 is 0 Å². The van der Waals surface area contributed by atoms with Crippen LogP contribution in [0.2, 0.25) is 10.0 Å². The topological polar surface area (TPSA) is 49.3 Å². The molecule has 0 heterocycles. The number of halogens is 2. The minimum atomic E-state index is -0.698. The number of hydrogen-bond acceptors (Lipinski definition) is 2. The van der Waals surface area contributed by atoms with Gasteiger partial charge in [-0.25, -0.2) is 0 Å². The zero-order chi connectivity index (χ0) is 15.3. The van der Waals surface area contributed by atoms with Crippen molar-refractivity contribution in [1.82, 2.24) is 5.32 Å². The largest absolute Gasteiger partial charge is 0.390 e. The molecule has 0 saturated heterocycles. The summed E-state index contributed by atoms with van der Waals surface area (Å²) in [6, 6.07) is 5.43. The van der Waals surface area contributed by atoms with Gasteiger partial charge in [0.2, 0.25) is 5.91 Å². The molecule has 0 atom stereocenters. The van der Waals surface area contributed by atoms with Crippen LogP contribution in [0.1, 0.15) is 44.6 Å². The SMILES string of the molecule is CC1(O)CC(C(=O)NC2(c3c(Cl)cccc3Cl)CCC2)C1. The van der Waals surface area contributed by atoms with Crippen molar-refractivity contribution in [2.75, 3.05) is 0 Å². The van der Waals surface area contributed by atoms with Gasteiger partial charge in [0, 0.05) is 21.5 Å². The first-order chi connectivity index (χ1) is 9.83. The van der Waals surface area contributed by atoms with Crippen LogP contribution in [-0.4, -0.2) is 16.6 Å². The molecule has 5 heteroatoms. The molecule has 2 saturated carbocycles. The van der Waals surface area contributed by atoms with E-state index < -0.39 is 11.1 Å². The second kappa shape index (κ2) is 5.15. The van der Waals surface area contributed by atoms with Gasteiger partial charge < -0.3 is 10.4 Å². The number of rotatable bonds is 3. The van der Waals surface area contributed by atoms with Crippen LogP contribution in [0.25, 0.3) is 0 Å². The number of nitrogens with one attached hydrogen (secondary N) is 1. The standard InChI is InChI=1S/C16H19Cl2NO2/c1-15(21)8-10(9-15)14(20)19-16(6-3-7-16)13-11(17)4-2-5-12(13)18/h2,4-5,10,21H,3,6-9H2,1H3,(H,19,20). The maximum atomic E-state index is 12.4. The molecule has 0 bridgehead atoms. The minimum Gasteiger partial charge on any atom is -0.390 e. The van der Waals surface area contributed by atoms with Gasteiger partial charge in [-0.05, 0) is 51.2 Å². The molecule has 21 heavy (non-hydrogen) atoms. The highest BCUT2D eigenvalue weighted by Gasteiger charge is 2.47. The average Bonchev–Trinajstić information content (AvgIpc) is 2.32. The van der Waals surface area contributed by atoms with Crippen molar-refractivity contribution in [3.63, 3.8) is 0 Å². The fraction of sp³-hybridized carbons (Fsp3) is 0.562. The third-order valence-electron chi connectivity index (χ3n) is 4.75. The fourth-order valence-electron chi connectivity index (χ4n) is 3.45. The number of aliphatic hydroxyl groups is 1. The van der Waals surface area contributed by atoms with Crippen molar-refractivity contribution in [2.24, 2.45) is 5.92 Å². The summed E-state index contributed by atoms with van der Waals surface area (Å²) in [5, 5.41) is 14.1. The van der Waals surface area contributed by atoms with E-state index in [2.05, 4.69) is 5.32 Å².